The van der Waals surface area contributed by atoms with Gasteiger partial charge in [-0.05, 0) is 6.42 Å². The zero-order valence-corrected chi connectivity index (χ0v) is 10.9. The van der Waals surface area contributed by atoms with Crippen molar-refractivity contribution in [3.8, 4) is 0 Å². The van der Waals surface area contributed by atoms with Crippen LogP contribution in [-0.4, -0.2) is 29.5 Å². The molecule has 0 aliphatic carbocycles. The molecule has 0 radical (unpaired) electrons. The number of methoxy groups -OCH3 is 1. The van der Waals surface area contributed by atoms with Gasteiger partial charge in [-0.2, -0.15) is 0 Å². The third kappa shape index (κ3) is 4.32. The van der Waals surface area contributed by atoms with E-state index in [4.69, 9.17) is 9.26 Å². The summed E-state index contributed by atoms with van der Waals surface area (Å²) in [6.45, 7) is 2.95. The van der Waals surface area contributed by atoms with E-state index in [0.29, 0.717) is 23.7 Å². The van der Waals surface area contributed by atoms with Gasteiger partial charge >= 0.3 is 0 Å². The molecule has 0 aliphatic heterocycles. The Morgan fingerprint density at radius 3 is 3.12 bits per heavy atom. The van der Waals surface area contributed by atoms with Crippen molar-refractivity contribution in [2.45, 2.75) is 24.8 Å². The van der Waals surface area contributed by atoms with E-state index in [1.807, 2.05) is 6.92 Å². The fraction of sp³-hybridized carbons (Fsp3) is 0.600. The van der Waals surface area contributed by atoms with E-state index in [9.17, 15) is 4.79 Å². The Balaban J connectivity index is 2.40. The molecule has 1 heterocycles. The first-order valence-electron chi connectivity index (χ1n) is 5.00. The molecule has 1 unspecified atom stereocenters. The van der Waals surface area contributed by atoms with Crippen molar-refractivity contribution in [2.24, 2.45) is 0 Å². The Kier molecular flexibility index (Phi) is 5.48. The Morgan fingerprint density at radius 1 is 1.75 bits per heavy atom. The molecule has 1 aromatic heterocycles. The lowest BCUT2D eigenvalue weighted by Gasteiger charge is -2.03. The number of ether oxygens (including phenoxy) is 1. The molecule has 1 rings (SSSR count). The van der Waals surface area contributed by atoms with E-state index in [-0.39, 0.29) is 11.6 Å². The fourth-order valence-electron chi connectivity index (χ4n) is 1.11. The summed E-state index contributed by atoms with van der Waals surface area (Å²) in [7, 11) is 1.56. The molecule has 6 heteroatoms. The maximum atomic E-state index is 11.6. The number of nitrogens with zero attached hydrogens (tertiary/aromatic N) is 1. The molecule has 0 spiro atoms. The number of nitrogens with one attached hydrogen (secondary N) is 1. The van der Waals surface area contributed by atoms with Gasteiger partial charge in [0.05, 0.1) is 0 Å². The van der Waals surface area contributed by atoms with Crippen LogP contribution < -0.4 is 5.32 Å². The van der Waals surface area contributed by atoms with Gasteiger partial charge in [-0.1, -0.05) is 28.0 Å². The van der Waals surface area contributed by atoms with Gasteiger partial charge in [0.1, 0.15) is 6.61 Å². The Morgan fingerprint density at radius 2 is 2.50 bits per heavy atom. The summed E-state index contributed by atoms with van der Waals surface area (Å²) in [5, 5.41) is 6.41. The largest absolute Gasteiger partial charge is 0.377 e. The predicted molar refractivity (Wildman–Crippen MR) is 62.6 cm³/mol. The maximum Gasteiger partial charge on any atom is 0.273 e. The topological polar surface area (TPSA) is 64.4 Å². The number of rotatable bonds is 6. The summed E-state index contributed by atoms with van der Waals surface area (Å²) < 4.78 is 9.77. The van der Waals surface area contributed by atoms with Crippen molar-refractivity contribution in [3.63, 3.8) is 0 Å². The van der Waals surface area contributed by atoms with E-state index < -0.39 is 0 Å². The maximum absolute atomic E-state index is 11.6. The van der Waals surface area contributed by atoms with Crippen LogP contribution in [0.1, 0.15) is 29.6 Å². The molecule has 16 heavy (non-hydrogen) atoms. The summed E-state index contributed by atoms with van der Waals surface area (Å²) >= 11 is 3.40. The lowest BCUT2D eigenvalue weighted by Crippen LogP contribution is -2.25. The van der Waals surface area contributed by atoms with Gasteiger partial charge in [-0.25, -0.2) is 0 Å². The second-order valence-electron chi connectivity index (χ2n) is 3.44. The monoisotopic (exact) mass is 290 g/mol. The number of carbonyl (C=O) groups excluding carboxylic acids is 1. The third-order valence-electron chi connectivity index (χ3n) is 1.91. The van der Waals surface area contributed by atoms with E-state index in [2.05, 4.69) is 26.4 Å². The normalized spacial score (nSPS) is 12.4. The quantitative estimate of drug-likeness (QED) is 0.811. The summed E-state index contributed by atoms with van der Waals surface area (Å²) in [5.74, 6) is 0.320. The molecule has 0 bridgehead atoms. The van der Waals surface area contributed by atoms with Crippen LogP contribution in [0.4, 0.5) is 0 Å². The first-order chi connectivity index (χ1) is 7.63. The van der Waals surface area contributed by atoms with Crippen LogP contribution in [-0.2, 0) is 11.3 Å². The number of aromatic nitrogens is 1. The highest BCUT2D eigenvalue weighted by Crippen LogP contribution is 2.05. The Hall–Kier alpha value is -0.880. The zero-order chi connectivity index (χ0) is 12.0. The van der Waals surface area contributed by atoms with Crippen LogP contribution in [0.3, 0.4) is 0 Å². The van der Waals surface area contributed by atoms with Crippen molar-refractivity contribution in [1.29, 1.82) is 0 Å². The molecule has 1 atom stereocenters. The van der Waals surface area contributed by atoms with Crippen LogP contribution in [0.5, 0.6) is 0 Å². The smallest absolute Gasteiger partial charge is 0.273 e. The molecule has 0 fully saturated rings. The van der Waals surface area contributed by atoms with E-state index in [1.165, 1.54) is 0 Å². The van der Waals surface area contributed by atoms with Gasteiger partial charge in [-0.3, -0.25) is 4.79 Å². The minimum absolute atomic E-state index is 0.223. The molecule has 1 N–H and O–H groups in total. The molecule has 1 aromatic rings. The molecule has 5 nitrogen and oxygen atoms in total. The van der Waals surface area contributed by atoms with Gasteiger partial charge in [0.25, 0.3) is 5.91 Å². The highest BCUT2D eigenvalue weighted by atomic mass is 79.9. The van der Waals surface area contributed by atoms with Crippen LogP contribution in [0.15, 0.2) is 10.6 Å². The number of carbonyl (C=O) groups is 1. The average molecular weight is 291 g/mol. The molecule has 1 amide bonds. The summed E-state index contributed by atoms with van der Waals surface area (Å²) in [5.41, 5.74) is 0.286. The second kappa shape index (κ2) is 6.65. The SMILES string of the molecule is COCc1cc(C(=O)NCCC(C)Br)no1. The Labute approximate surface area is 103 Å². The first-order valence-corrected chi connectivity index (χ1v) is 5.92. The molecule has 0 saturated heterocycles. The zero-order valence-electron chi connectivity index (χ0n) is 9.33. The van der Waals surface area contributed by atoms with E-state index in [1.54, 1.807) is 13.2 Å². The number of amides is 1. The van der Waals surface area contributed by atoms with Gasteiger partial charge in [0.15, 0.2) is 11.5 Å². The molecular formula is C10H15BrN2O3. The fourth-order valence-corrected chi connectivity index (χ4v) is 1.33. The third-order valence-corrected chi connectivity index (χ3v) is 2.36. The van der Waals surface area contributed by atoms with Crippen molar-refractivity contribution in [2.75, 3.05) is 13.7 Å². The van der Waals surface area contributed by atoms with E-state index >= 15 is 0 Å². The van der Waals surface area contributed by atoms with Crippen LogP contribution in [0.2, 0.25) is 0 Å². The lowest BCUT2D eigenvalue weighted by molar-refractivity contribution is 0.0943. The Bertz CT molecular complexity index is 339. The average Bonchev–Trinajstić information content (AvgIpc) is 2.66. The van der Waals surface area contributed by atoms with Crippen LogP contribution in [0, 0.1) is 0 Å². The van der Waals surface area contributed by atoms with Gasteiger partial charge in [0.2, 0.25) is 0 Å². The van der Waals surface area contributed by atoms with Gasteiger partial charge in [-0.15, -0.1) is 0 Å². The molecule has 0 saturated carbocycles. The summed E-state index contributed by atoms with van der Waals surface area (Å²) in [4.78, 5) is 11.9. The highest BCUT2D eigenvalue weighted by molar-refractivity contribution is 9.09. The molecule has 90 valence electrons. The molecular weight excluding hydrogens is 276 g/mol. The van der Waals surface area contributed by atoms with Crippen molar-refractivity contribution in [3.05, 3.63) is 17.5 Å². The summed E-state index contributed by atoms with van der Waals surface area (Å²) in [6.07, 6.45) is 0.870. The number of hydrogen-bond donors (Lipinski definition) is 1. The minimum atomic E-state index is -0.223. The van der Waals surface area contributed by atoms with Crippen molar-refractivity contribution in [1.82, 2.24) is 10.5 Å². The molecule has 0 aromatic carbocycles. The van der Waals surface area contributed by atoms with Gasteiger partial charge in [0, 0.05) is 24.5 Å². The predicted octanol–water partition coefficient (Wildman–Crippen LogP) is 1.72. The molecule has 0 aliphatic rings. The van der Waals surface area contributed by atoms with Crippen molar-refractivity contribution >= 4 is 21.8 Å². The van der Waals surface area contributed by atoms with Crippen molar-refractivity contribution < 1.29 is 14.1 Å². The standard InChI is InChI=1S/C10H15BrN2O3/c1-7(11)3-4-12-10(14)9-5-8(6-15-2)16-13-9/h5,7H,3-4,6H2,1-2H3,(H,12,14). The van der Waals surface area contributed by atoms with E-state index in [0.717, 1.165) is 6.42 Å². The van der Waals surface area contributed by atoms with Crippen LogP contribution in [0.25, 0.3) is 0 Å². The highest BCUT2D eigenvalue weighted by Gasteiger charge is 2.11. The lowest BCUT2D eigenvalue weighted by atomic mass is 10.3. The first kappa shape index (κ1) is 13.2. The van der Waals surface area contributed by atoms with Crippen LogP contribution >= 0.6 is 15.9 Å². The number of alkyl halides is 1. The summed E-state index contributed by atoms with van der Waals surface area (Å²) in [6, 6.07) is 1.58. The number of hydrogen-bond acceptors (Lipinski definition) is 4. The number of halogens is 1. The second-order valence-corrected chi connectivity index (χ2v) is 5.00. The minimum Gasteiger partial charge on any atom is -0.377 e. The van der Waals surface area contributed by atoms with Gasteiger partial charge < -0.3 is 14.6 Å².